The van der Waals surface area contributed by atoms with Crippen LogP contribution in [0.5, 0.6) is 0 Å². The molecule has 0 aliphatic carbocycles. The molecule has 0 atom stereocenters. The number of nitrogens with zero attached hydrogens (tertiary/aromatic N) is 1. The van der Waals surface area contributed by atoms with E-state index in [1.54, 1.807) is 12.3 Å². The minimum atomic E-state index is -0.146. The number of piperidine rings is 1. The normalized spacial score (nSPS) is 15.7. The van der Waals surface area contributed by atoms with Gasteiger partial charge in [-0.1, -0.05) is 29.8 Å². The van der Waals surface area contributed by atoms with Crippen molar-refractivity contribution < 1.29 is 9.59 Å². The van der Waals surface area contributed by atoms with Gasteiger partial charge < -0.3 is 15.6 Å². The number of benzene rings is 1. The van der Waals surface area contributed by atoms with Crippen LogP contribution in [0.15, 0.2) is 42.6 Å². The summed E-state index contributed by atoms with van der Waals surface area (Å²) in [4.78, 5) is 29.1. The topological polar surface area (TPSA) is 77.2 Å². The third-order valence-electron chi connectivity index (χ3n) is 4.24. The van der Waals surface area contributed by atoms with Crippen molar-refractivity contribution >= 4 is 29.1 Å². The van der Waals surface area contributed by atoms with Gasteiger partial charge in [-0.25, -0.2) is 0 Å². The lowest BCUT2D eigenvalue weighted by Crippen LogP contribution is -2.46. The Balaban J connectivity index is 1.41. The number of anilines is 1. The molecule has 0 bridgehead atoms. The summed E-state index contributed by atoms with van der Waals surface area (Å²) in [5.41, 5.74) is 1.27. The van der Waals surface area contributed by atoms with E-state index < -0.39 is 0 Å². The van der Waals surface area contributed by atoms with Crippen LogP contribution in [0.4, 0.5) is 5.69 Å². The van der Waals surface area contributed by atoms with Crippen molar-refractivity contribution in [2.75, 3.05) is 25.0 Å². The fourth-order valence-electron chi connectivity index (χ4n) is 2.92. The summed E-state index contributed by atoms with van der Waals surface area (Å²) in [6, 6.07) is 11.2. The number of hydrogen-bond acceptors (Lipinski definition) is 3. The molecular formula is C18H21ClN4O2. The number of aromatic amines is 1. The van der Waals surface area contributed by atoms with Gasteiger partial charge in [0, 0.05) is 31.0 Å². The maximum Gasteiger partial charge on any atom is 0.267 e. The van der Waals surface area contributed by atoms with E-state index in [9.17, 15) is 9.59 Å². The number of amides is 2. The van der Waals surface area contributed by atoms with E-state index in [0.717, 1.165) is 31.6 Å². The minimum Gasteiger partial charge on any atom is -0.356 e. The average molecular weight is 361 g/mol. The average Bonchev–Trinajstić information content (AvgIpc) is 3.04. The number of carbonyl (C=O) groups is 2. The Hall–Kier alpha value is -2.31. The van der Waals surface area contributed by atoms with E-state index in [-0.39, 0.29) is 17.9 Å². The number of carbonyl (C=O) groups excluding carboxylic acids is 2. The highest BCUT2D eigenvalue weighted by atomic mass is 35.5. The van der Waals surface area contributed by atoms with E-state index in [2.05, 4.69) is 20.5 Å². The van der Waals surface area contributed by atoms with Crippen LogP contribution in [0.1, 0.15) is 23.3 Å². The number of hydrogen-bond donors (Lipinski definition) is 3. The van der Waals surface area contributed by atoms with Crippen molar-refractivity contribution in [2.24, 2.45) is 0 Å². The second-order valence-corrected chi connectivity index (χ2v) is 6.61. The van der Waals surface area contributed by atoms with Crippen molar-refractivity contribution in [3.8, 4) is 0 Å². The Kier molecular flexibility index (Phi) is 5.73. The molecule has 0 saturated carbocycles. The predicted molar refractivity (Wildman–Crippen MR) is 97.8 cm³/mol. The van der Waals surface area contributed by atoms with Crippen molar-refractivity contribution in [2.45, 2.75) is 18.9 Å². The monoisotopic (exact) mass is 360 g/mol. The van der Waals surface area contributed by atoms with Crippen LogP contribution in [-0.4, -0.2) is 47.4 Å². The SMILES string of the molecule is O=C(CN1CCC(NC(=O)c2cc(Cl)c[nH]2)CC1)Nc1ccccc1. The van der Waals surface area contributed by atoms with Gasteiger partial charge in [-0.15, -0.1) is 0 Å². The molecule has 7 heteroatoms. The van der Waals surface area contributed by atoms with Crippen LogP contribution in [0.3, 0.4) is 0 Å². The lowest BCUT2D eigenvalue weighted by Gasteiger charge is -2.31. The molecule has 2 aromatic rings. The number of rotatable bonds is 5. The van der Waals surface area contributed by atoms with Gasteiger partial charge in [-0.2, -0.15) is 0 Å². The summed E-state index contributed by atoms with van der Waals surface area (Å²) in [5.74, 6) is -0.165. The van der Waals surface area contributed by atoms with Gasteiger partial charge in [0.1, 0.15) is 5.69 Å². The molecule has 1 aromatic heterocycles. The summed E-state index contributed by atoms with van der Waals surface area (Å²) < 4.78 is 0. The molecule has 0 spiro atoms. The lowest BCUT2D eigenvalue weighted by molar-refractivity contribution is -0.117. The van der Waals surface area contributed by atoms with Gasteiger partial charge in [0.25, 0.3) is 5.91 Å². The van der Waals surface area contributed by atoms with Gasteiger partial charge in [0.2, 0.25) is 5.91 Å². The quantitative estimate of drug-likeness (QED) is 0.766. The van der Waals surface area contributed by atoms with Crippen LogP contribution in [0.2, 0.25) is 5.02 Å². The fourth-order valence-corrected chi connectivity index (χ4v) is 3.09. The molecule has 3 rings (SSSR count). The third-order valence-corrected chi connectivity index (χ3v) is 4.46. The summed E-state index contributed by atoms with van der Waals surface area (Å²) in [5, 5.41) is 6.41. The van der Waals surface area contributed by atoms with E-state index in [1.165, 1.54) is 0 Å². The largest absolute Gasteiger partial charge is 0.356 e. The molecule has 2 heterocycles. The first kappa shape index (κ1) is 17.5. The first-order valence-electron chi connectivity index (χ1n) is 8.32. The Morgan fingerprint density at radius 2 is 1.92 bits per heavy atom. The summed E-state index contributed by atoms with van der Waals surface area (Å²) >= 11 is 5.82. The first-order chi connectivity index (χ1) is 12.1. The number of nitrogens with one attached hydrogen (secondary N) is 3. The molecule has 1 saturated heterocycles. The molecule has 1 aliphatic heterocycles. The second kappa shape index (κ2) is 8.18. The van der Waals surface area contributed by atoms with Gasteiger partial charge in [-0.3, -0.25) is 14.5 Å². The van der Waals surface area contributed by atoms with Gasteiger partial charge in [0.05, 0.1) is 11.6 Å². The van der Waals surface area contributed by atoms with Crippen molar-refractivity contribution in [3.63, 3.8) is 0 Å². The Labute approximate surface area is 151 Å². The molecular weight excluding hydrogens is 340 g/mol. The Bertz CT molecular complexity index is 724. The van der Waals surface area contributed by atoms with Crippen molar-refractivity contribution in [1.29, 1.82) is 0 Å². The maximum absolute atomic E-state index is 12.1. The molecule has 6 nitrogen and oxygen atoms in total. The maximum atomic E-state index is 12.1. The van der Waals surface area contributed by atoms with Crippen LogP contribution < -0.4 is 10.6 Å². The lowest BCUT2D eigenvalue weighted by atomic mass is 10.0. The van der Waals surface area contributed by atoms with E-state index in [1.807, 2.05) is 30.3 Å². The summed E-state index contributed by atoms with van der Waals surface area (Å²) in [6.45, 7) is 1.92. The molecule has 0 unspecified atom stereocenters. The fraction of sp³-hybridized carbons (Fsp3) is 0.333. The number of H-pyrrole nitrogens is 1. The van der Waals surface area contributed by atoms with E-state index >= 15 is 0 Å². The second-order valence-electron chi connectivity index (χ2n) is 6.17. The number of likely N-dealkylation sites (tertiary alicyclic amines) is 1. The number of aromatic nitrogens is 1. The first-order valence-corrected chi connectivity index (χ1v) is 8.70. The zero-order valence-corrected chi connectivity index (χ0v) is 14.6. The van der Waals surface area contributed by atoms with Gasteiger partial charge in [0.15, 0.2) is 0 Å². The van der Waals surface area contributed by atoms with Crippen molar-refractivity contribution in [3.05, 3.63) is 53.3 Å². The number of halogens is 1. The summed E-state index contributed by atoms with van der Waals surface area (Å²) in [7, 11) is 0. The molecule has 3 N–H and O–H groups in total. The molecule has 25 heavy (non-hydrogen) atoms. The predicted octanol–water partition coefficient (Wildman–Crippen LogP) is 2.50. The van der Waals surface area contributed by atoms with Gasteiger partial charge >= 0.3 is 0 Å². The molecule has 0 radical (unpaired) electrons. The minimum absolute atomic E-state index is 0.0188. The molecule has 1 aromatic carbocycles. The molecule has 2 amide bonds. The molecule has 1 aliphatic rings. The molecule has 132 valence electrons. The zero-order valence-electron chi connectivity index (χ0n) is 13.8. The highest BCUT2D eigenvalue weighted by Crippen LogP contribution is 2.13. The van der Waals surface area contributed by atoms with Crippen LogP contribution in [0, 0.1) is 0 Å². The van der Waals surface area contributed by atoms with Gasteiger partial charge in [-0.05, 0) is 31.0 Å². The van der Waals surface area contributed by atoms with E-state index in [0.29, 0.717) is 17.3 Å². The Morgan fingerprint density at radius 3 is 2.56 bits per heavy atom. The highest BCUT2D eigenvalue weighted by Gasteiger charge is 2.22. The zero-order chi connectivity index (χ0) is 17.6. The molecule has 1 fully saturated rings. The van der Waals surface area contributed by atoms with Crippen LogP contribution in [-0.2, 0) is 4.79 Å². The van der Waals surface area contributed by atoms with Crippen molar-refractivity contribution in [1.82, 2.24) is 15.2 Å². The van der Waals surface area contributed by atoms with Crippen LogP contribution in [0.25, 0.3) is 0 Å². The Morgan fingerprint density at radius 1 is 1.20 bits per heavy atom. The highest BCUT2D eigenvalue weighted by molar-refractivity contribution is 6.30. The van der Waals surface area contributed by atoms with Crippen LogP contribution >= 0.6 is 11.6 Å². The smallest absolute Gasteiger partial charge is 0.267 e. The third kappa shape index (κ3) is 5.08. The summed E-state index contributed by atoms with van der Waals surface area (Å²) in [6.07, 6.45) is 3.22. The number of para-hydroxylation sites is 1. The van der Waals surface area contributed by atoms with E-state index in [4.69, 9.17) is 11.6 Å². The standard InChI is InChI=1S/C18H21ClN4O2/c19-13-10-16(20-11-13)18(25)22-15-6-8-23(9-7-15)12-17(24)21-14-4-2-1-3-5-14/h1-5,10-11,15,20H,6-9,12H2,(H,21,24)(H,22,25).